The van der Waals surface area contributed by atoms with Gasteiger partial charge in [-0.2, -0.15) is 0 Å². The van der Waals surface area contributed by atoms with Crippen molar-refractivity contribution in [2.24, 2.45) is 0 Å². The Hall–Kier alpha value is -0.400. The maximum Gasteiger partial charge on any atom is 0.0246 e. The topological polar surface area (TPSA) is 3.24 Å². The first-order valence-corrected chi connectivity index (χ1v) is 9.03. The Labute approximate surface area is 163 Å². The Kier molecular flexibility index (Phi) is 6.89. The maximum atomic E-state index is 2.53. The molecule has 0 amide bonds. The quantitative estimate of drug-likeness (QED) is 0.233. The molecule has 0 saturated carbocycles. The lowest BCUT2D eigenvalue weighted by molar-refractivity contribution is 0.302. The first-order valence-electron chi connectivity index (χ1n) is 7.51. The molecule has 0 N–H and O–H groups in total. The third kappa shape index (κ3) is 3.74. The predicted molar refractivity (Wildman–Crippen MR) is 117 cm³/mol. The normalized spacial score (nSPS) is 11.0. The fraction of sp³-hybridized carbons (Fsp3) is 0.263. The molecule has 0 aliphatic rings. The minimum Gasteiger partial charge on any atom is -0.299 e. The number of nitrogens with zero attached hydrogens (tertiary/aromatic N) is 1. The van der Waals surface area contributed by atoms with Crippen molar-refractivity contribution in [3.63, 3.8) is 0 Å². The third-order valence-corrected chi connectivity index (χ3v) is 4.59. The smallest absolute Gasteiger partial charge is 0.0246 e. The Morgan fingerprint density at radius 3 is 1.95 bits per heavy atom. The monoisotopic (exact) mass is 517 g/mol. The number of hydrogen-bond donors (Lipinski definition) is 0. The van der Waals surface area contributed by atoms with Crippen LogP contribution in [-0.4, -0.2) is 22.4 Å². The van der Waals surface area contributed by atoms with E-state index in [1.807, 2.05) is 0 Å². The van der Waals surface area contributed by atoms with Crippen molar-refractivity contribution in [2.45, 2.75) is 13.5 Å². The van der Waals surface area contributed by atoms with Crippen molar-refractivity contribution >= 4 is 68.1 Å². The number of benzene rings is 3. The maximum absolute atomic E-state index is 2.53. The molecule has 0 spiro atoms. The fourth-order valence-corrected chi connectivity index (χ4v) is 3.65. The zero-order valence-electron chi connectivity index (χ0n) is 12.8. The van der Waals surface area contributed by atoms with Crippen LogP contribution in [0, 0.1) is 0 Å². The molecule has 1 nitrogen and oxygen atoms in total. The molecule has 0 fully saturated rings. The van der Waals surface area contributed by atoms with Crippen molar-refractivity contribution in [1.29, 1.82) is 0 Å². The van der Waals surface area contributed by atoms with Crippen LogP contribution in [0.1, 0.15) is 12.5 Å². The van der Waals surface area contributed by atoms with Crippen LogP contribution in [0.15, 0.2) is 54.6 Å². The van der Waals surface area contributed by atoms with E-state index < -0.39 is 0 Å². The first kappa shape index (κ1) is 17.9. The highest BCUT2D eigenvalue weighted by Crippen LogP contribution is 2.29. The summed E-state index contributed by atoms with van der Waals surface area (Å²) in [5.74, 6) is 0. The molecule has 0 bridgehead atoms. The molecule has 3 heteroatoms. The summed E-state index contributed by atoms with van der Waals surface area (Å²) in [6.07, 6.45) is 0. The van der Waals surface area contributed by atoms with Gasteiger partial charge in [0.25, 0.3) is 0 Å². The van der Waals surface area contributed by atoms with Gasteiger partial charge in [0.2, 0.25) is 0 Å². The summed E-state index contributed by atoms with van der Waals surface area (Å²) in [5, 5.41) is 5.47. The second-order valence-electron chi connectivity index (χ2n) is 5.36. The molecule has 3 aromatic rings. The highest BCUT2D eigenvalue weighted by Gasteiger charge is 2.10. The van der Waals surface area contributed by atoms with Gasteiger partial charge in [0.1, 0.15) is 0 Å². The standard InChI is InChI=1S/C19H20IN.HI/c1-2-21(12-11-20)14-19-17-9-5-3-7-15(17)13-16-8-4-6-10-18(16)19;/h3-10,13H,2,11-12,14H2,1H3;1H. The minimum atomic E-state index is 0. The average Bonchev–Trinajstić information content (AvgIpc) is 2.53. The summed E-state index contributed by atoms with van der Waals surface area (Å²) in [4.78, 5) is 2.53. The summed E-state index contributed by atoms with van der Waals surface area (Å²) < 4.78 is 1.17. The number of rotatable bonds is 5. The van der Waals surface area contributed by atoms with Crippen LogP contribution in [0.25, 0.3) is 21.5 Å². The molecule has 0 aromatic heterocycles. The van der Waals surface area contributed by atoms with Gasteiger partial charge in [0, 0.05) is 17.5 Å². The molecule has 0 unspecified atom stereocenters. The van der Waals surface area contributed by atoms with Gasteiger partial charge in [0.15, 0.2) is 0 Å². The molecular formula is C19H21I2N. The highest BCUT2D eigenvalue weighted by atomic mass is 127. The van der Waals surface area contributed by atoms with E-state index in [9.17, 15) is 0 Å². The second kappa shape index (κ2) is 8.45. The minimum absolute atomic E-state index is 0. The third-order valence-electron chi connectivity index (χ3n) is 4.11. The summed E-state index contributed by atoms with van der Waals surface area (Å²) in [6.45, 7) is 5.52. The number of fused-ring (bicyclic) bond motifs is 2. The van der Waals surface area contributed by atoms with E-state index in [0.29, 0.717) is 0 Å². The van der Waals surface area contributed by atoms with E-state index >= 15 is 0 Å². The van der Waals surface area contributed by atoms with Crippen LogP contribution in [0.2, 0.25) is 0 Å². The predicted octanol–water partition coefficient (Wildman–Crippen LogP) is 5.87. The van der Waals surface area contributed by atoms with Crippen molar-refractivity contribution in [2.75, 3.05) is 17.5 Å². The van der Waals surface area contributed by atoms with Crippen molar-refractivity contribution < 1.29 is 0 Å². The van der Waals surface area contributed by atoms with Crippen LogP contribution in [0.3, 0.4) is 0 Å². The molecule has 0 aliphatic carbocycles. The van der Waals surface area contributed by atoms with Crippen LogP contribution < -0.4 is 0 Å². The van der Waals surface area contributed by atoms with E-state index in [0.717, 1.165) is 19.6 Å². The van der Waals surface area contributed by atoms with Gasteiger partial charge in [0.05, 0.1) is 0 Å². The lowest BCUT2D eigenvalue weighted by Crippen LogP contribution is -2.25. The van der Waals surface area contributed by atoms with Crippen molar-refractivity contribution in [1.82, 2.24) is 4.90 Å². The molecule has 0 heterocycles. The molecule has 3 rings (SSSR count). The average molecular weight is 517 g/mol. The van der Waals surface area contributed by atoms with Gasteiger partial charge < -0.3 is 0 Å². The van der Waals surface area contributed by atoms with Crippen molar-refractivity contribution in [3.8, 4) is 0 Å². The van der Waals surface area contributed by atoms with Crippen LogP contribution in [0.5, 0.6) is 0 Å². The highest BCUT2D eigenvalue weighted by molar-refractivity contribution is 14.1. The van der Waals surface area contributed by atoms with E-state index in [1.54, 1.807) is 0 Å². The molecule has 0 radical (unpaired) electrons. The Morgan fingerprint density at radius 1 is 0.909 bits per heavy atom. The number of hydrogen-bond acceptors (Lipinski definition) is 1. The van der Waals surface area contributed by atoms with Crippen LogP contribution in [-0.2, 0) is 6.54 Å². The van der Waals surface area contributed by atoms with Crippen LogP contribution >= 0.6 is 46.6 Å². The lowest BCUT2D eigenvalue weighted by atomic mass is 9.96. The van der Waals surface area contributed by atoms with Crippen LogP contribution in [0.4, 0.5) is 0 Å². The summed E-state index contributed by atoms with van der Waals surface area (Å²) in [7, 11) is 0. The van der Waals surface area contributed by atoms with E-state index in [2.05, 4.69) is 89.0 Å². The summed E-state index contributed by atoms with van der Waals surface area (Å²) in [6, 6.07) is 19.8. The van der Waals surface area contributed by atoms with Gasteiger partial charge in [-0.25, -0.2) is 0 Å². The Morgan fingerprint density at radius 2 is 1.45 bits per heavy atom. The van der Waals surface area contributed by atoms with Gasteiger partial charge in [-0.15, -0.1) is 24.0 Å². The largest absolute Gasteiger partial charge is 0.299 e. The van der Waals surface area contributed by atoms with Gasteiger partial charge in [-0.05, 0) is 39.7 Å². The second-order valence-corrected chi connectivity index (χ2v) is 6.43. The molecule has 0 saturated heterocycles. The van der Waals surface area contributed by atoms with Gasteiger partial charge >= 0.3 is 0 Å². The van der Waals surface area contributed by atoms with Crippen molar-refractivity contribution in [3.05, 3.63) is 60.2 Å². The number of alkyl halides is 1. The lowest BCUT2D eigenvalue weighted by Gasteiger charge is -2.21. The zero-order valence-corrected chi connectivity index (χ0v) is 17.2. The molecule has 0 aliphatic heterocycles. The number of halogens is 2. The molecule has 0 atom stereocenters. The first-order chi connectivity index (χ1) is 10.3. The summed E-state index contributed by atoms with van der Waals surface area (Å²) in [5.41, 5.74) is 1.47. The van der Waals surface area contributed by atoms with E-state index in [1.165, 1.54) is 31.5 Å². The van der Waals surface area contributed by atoms with E-state index in [-0.39, 0.29) is 24.0 Å². The SMILES string of the molecule is CCN(CCI)Cc1c2ccccc2cc2ccccc12.I. The summed E-state index contributed by atoms with van der Waals surface area (Å²) >= 11 is 2.46. The Bertz CT molecular complexity index is 701. The van der Waals surface area contributed by atoms with Gasteiger partial charge in [-0.3, -0.25) is 4.90 Å². The van der Waals surface area contributed by atoms with E-state index in [4.69, 9.17) is 0 Å². The molecule has 116 valence electrons. The fourth-order valence-electron chi connectivity index (χ4n) is 2.97. The molecular weight excluding hydrogens is 496 g/mol. The molecule has 22 heavy (non-hydrogen) atoms. The Balaban J connectivity index is 0.00000176. The molecule has 3 aromatic carbocycles. The zero-order chi connectivity index (χ0) is 14.7. The van der Waals surface area contributed by atoms with Gasteiger partial charge in [-0.1, -0.05) is 78.0 Å².